The standard InChI is InChI=1S/C12H11Cl2N3OS/c13-9-3-8(4-10(14)5-9)1-2-12(18)15-6-11-7-16-17-19-11/h3-5,7H,1-2,6H2,(H,15,18). The number of rotatable bonds is 5. The topological polar surface area (TPSA) is 54.9 Å². The van der Waals surface area contributed by atoms with Gasteiger partial charge in [0.15, 0.2) is 0 Å². The van der Waals surface area contributed by atoms with Gasteiger partial charge in [0.2, 0.25) is 5.91 Å². The Morgan fingerprint density at radius 2 is 2.00 bits per heavy atom. The molecule has 0 aliphatic rings. The summed E-state index contributed by atoms with van der Waals surface area (Å²) in [7, 11) is 0. The number of aromatic nitrogens is 2. The molecule has 0 aliphatic carbocycles. The monoisotopic (exact) mass is 315 g/mol. The molecular weight excluding hydrogens is 305 g/mol. The number of amides is 1. The number of aryl methyl sites for hydroxylation is 1. The molecule has 1 heterocycles. The van der Waals surface area contributed by atoms with Gasteiger partial charge in [-0.25, -0.2) is 0 Å². The first-order valence-corrected chi connectivity index (χ1v) is 7.14. The third kappa shape index (κ3) is 4.78. The predicted molar refractivity (Wildman–Crippen MR) is 76.5 cm³/mol. The van der Waals surface area contributed by atoms with Crippen molar-refractivity contribution in [2.45, 2.75) is 19.4 Å². The number of carbonyl (C=O) groups is 1. The molecule has 0 fully saturated rings. The molecule has 100 valence electrons. The zero-order valence-electron chi connectivity index (χ0n) is 9.90. The van der Waals surface area contributed by atoms with E-state index in [2.05, 4.69) is 14.9 Å². The van der Waals surface area contributed by atoms with Gasteiger partial charge in [-0.15, -0.1) is 5.10 Å². The minimum atomic E-state index is -0.0236. The molecule has 1 aromatic heterocycles. The Hall–Kier alpha value is -1.17. The van der Waals surface area contributed by atoms with Gasteiger partial charge < -0.3 is 5.32 Å². The summed E-state index contributed by atoms with van der Waals surface area (Å²) in [5, 5.41) is 7.68. The highest BCUT2D eigenvalue weighted by molar-refractivity contribution is 7.05. The van der Waals surface area contributed by atoms with Crippen LogP contribution in [0.15, 0.2) is 24.4 Å². The zero-order valence-corrected chi connectivity index (χ0v) is 12.2. The molecule has 2 rings (SSSR count). The van der Waals surface area contributed by atoms with Crippen LogP contribution in [0.1, 0.15) is 16.9 Å². The highest BCUT2D eigenvalue weighted by atomic mass is 35.5. The first kappa shape index (κ1) is 14.2. The Bertz CT molecular complexity index is 540. The Morgan fingerprint density at radius 1 is 1.26 bits per heavy atom. The van der Waals surface area contributed by atoms with Crippen molar-refractivity contribution < 1.29 is 4.79 Å². The summed E-state index contributed by atoms with van der Waals surface area (Å²) in [4.78, 5) is 12.6. The maximum Gasteiger partial charge on any atom is 0.220 e. The summed E-state index contributed by atoms with van der Waals surface area (Å²) in [5.41, 5.74) is 0.951. The van der Waals surface area contributed by atoms with Crippen molar-refractivity contribution in [1.82, 2.24) is 14.9 Å². The maximum absolute atomic E-state index is 11.7. The second kappa shape index (κ2) is 6.84. The van der Waals surface area contributed by atoms with Gasteiger partial charge in [-0.1, -0.05) is 27.7 Å². The van der Waals surface area contributed by atoms with E-state index in [0.717, 1.165) is 10.4 Å². The molecule has 2 aromatic rings. The number of nitrogens with zero attached hydrogens (tertiary/aromatic N) is 2. The third-order valence-corrected chi connectivity index (χ3v) is 3.53. The Balaban J connectivity index is 1.79. The largest absolute Gasteiger partial charge is 0.351 e. The van der Waals surface area contributed by atoms with Gasteiger partial charge in [-0.2, -0.15) is 0 Å². The summed E-state index contributed by atoms with van der Waals surface area (Å²) in [6.45, 7) is 0.465. The van der Waals surface area contributed by atoms with Crippen molar-refractivity contribution in [3.8, 4) is 0 Å². The Kier molecular flexibility index (Phi) is 5.13. The van der Waals surface area contributed by atoms with Crippen LogP contribution in [0.3, 0.4) is 0 Å². The fourth-order valence-corrected chi connectivity index (χ4v) is 2.55. The molecule has 7 heteroatoms. The molecule has 0 atom stereocenters. The third-order valence-electron chi connectivity index (χ3n) is 2.43. The van der Waals surface area contributed by atoms with Crippen LogP contribution in [0.25, 0.3) is 0 Å². The van der Waals surface area contributed by atoms with Crippen molar-refractivity contribution in [2.75, 3.05) is 0 Å². The van der Waals surface area contributed by atoms with E-state index in [4.69, 9.17) is 23.2 Å². The second-order valence-electron chi connectivity index (χ2n) is 3.94. The van der Waals surface area contributed by atoms with E-state index in [9.17, 15) is 4.79 Å². The highest BCUT2D eigenvalue weighted by Gasteiger charge is 2.05. The predicted octanol–water partition coefficient (Wildman–Crippen LogP) is 3.09. The fraction of sp³-hybridized carbons (Fsp3) is 0.250. The van der Waals surface area contributed by atoms with E-state index in [1.54, 1.807) is 12.3 Å². The van der Waals surface area contributed by atoms with Crippen molar-refractivity contribution in [2.24, 2.45) is 0 Å². The lowest BCUT2D eigenvalue weighted by Gasteiger charge is -2.04. The minimum absolute atomic E-state index is 0.0236. The van der Waals surface area contributed by atoms with Crippen LogP contribution in [-0.4, -0.2) is 15.5 Å². The molecule has 1 amide bonds. The second-order valence-corrected chi connectivity index (χ2v) is 5.68. The molecule has 1 aromatic carbocycles. The Labute approximate surface area is 124 Å². The molecule has 0 unspecified atom stereocenters. The number of halogens is 2. The summed E-state index contributed by atoms with van der Waals surface area (Å²) < 4.78 is 3.72. The number of nitrogens with one attached hydrogen (secondary N) is 1. The van der Waals surface area contributed by atoms with Crippen LogP contribution in [0.2, 0.25) is 10.0 Å². The van der Waals surface area contributed by atoms with Crippen LogP contribution in [-0.2, 0) is 17.8 Å². The Morgan fingerprint density at radius 3 is 2.63 bits per heavy atom. The normalized spacial score (nSPS) is 10.4. The summed E-state index contributed by atoms with van der Waals surface area (Å²) >= 11 is 13.1. The van der Waals surface area contributed by atoms with E-state index in [1.165, 1.54) is 11.5 Å². The van der Waals surface area contributed by atoms with Gasteiger partial charge in [-0.05, 0) is 41.7 Å². The van der Waals surface area contributed by atoms with E-state index < -0.39 is 0 Å². The highest BCUT2D eigenvalue weighted by Crippen LogP contribution is 2.19. The molecule has 19 heavy (non-hydrogen) atoms. The van der Waals surface area contributed by atoms with Gasteiger partial charge in [0.25, 0.3) is 0 Å². The molecule has 0 spiro atoms. The van der Waals surface area contributed by atoms with Crippen LogP contribution in [0.5, 0.6) is 0 Å². The molecule has 0 radical (unpaired) electrons. The van der Waals surface area contributed by atoms with Gasteiger partial charge in [0.1, 0.15) is 0 Å². The fourth-order valence-electron chi connectivity index (χ4n) is 1.55. The molecule has 0 saturated carbocycles. The maximum atomic E-state index is 11.7. The number of carbonyl (C=O) groups excluding carboxylic acids is 1. The van der Waals surface area contributed by atoms with Crippen molar-refractivity contribution >= 4 is 40.6 Å². The van der Waals surface area contributed by atoms with Crippen molar-refractivity contribution in [3.63, 3.8) is 0 Å². The van der Waals surface area contributed by atoms with Crippen LogP contribution < -0.4 is 5.32 Å². The van der Waals surface area contributed by atoms with E-state index in [0.29, 0.717) is 29.4 Å². The van der Waals surface area contributed by atoms with Crippen LogP contribution in [0, 0.1) is 0 Å². The van der Waals surface area contributed by atoms with Crippen molar-refractivity contribution in [1.29, 1.82) is 0 Å². The first-order chi connectivity index (χ1) is 9.13. The molecular formula is C12H11Cl2N3OS. The summed E-state index contributed by atoms with van der Waals surface area (Å²) in [5.74, 6) is -0.0236. The van der Waals surface area contributed by atoms with Gasteiger partial charge >= 0.3 is 0 Å². The van der Waals surface area contributed by atoms with E-state index in [-0.39, 0.29) is 5.91 Å². The van der Waals surface area contributed by atoms with E-state index in [1.807, 2.05) is 12.1 Å². The quantitative estimate of drug-likeness (QED) is 0.922. The average molecular weight is 316 g/mol. The minimum Gasteiger partial charge on any atom is -0.351 e. The number of benzene rings is 1. The zero-order chi connectivity index (χ0) is 13.7. The number of hydrogen-bond acceptors (Lipinski definition) is 4. The molecule has 0 saturated heterocycles. The molecule has 4 nitrogen and oxygen atoms in total. The van der Waals surface area contributed by atoms with Gasteiger partial charge in [0, 0.05) is 16.5 Å². The molecule has 1 N–H and O–H groups in total. The lowest BCUT2D eigenvalue weighted by molar-refractivity contribution is -0.121. The van der Waals surface area contributed by atoms with Gasteiger partial charge in [-0.3, -0.25) is 4.79 Å². The number of hydrogen-bond donors (Lipinski definition) is 1. The summed E-state index contributed by atoms with van der Waals surface area (Å²) in [6, 6.07) is 5.30. The lowest BCUT2D eigenvalue weighted by Crippen LogP contribution is -2.22. The molecule has 0 aliphatic heterocycles. The smallest absolute Gasteiger partial charge is 0.220 e. The molecule has 0 bridgehead atoms. The lowest BCUT2D eigenvalue weighted by atomic mass is 10.1. The van der Waals surface area contributed by atoms with Crippen LogP contribution in [0.4, 0.5) is 0 Å². The average Bonchev–Trinajstić information content (AvgIpc) is 2.86. The SMILES string of the molecule is O=C(CCc1cc(Cl)cc(Cl)c1)NCc1cnns1. The van der Waals surface area contributed by atoms with E-state index >= 15 is 0 Å². The van der Waals surface area contributed by atoms with Crippen LogP contribution >= 0.6 is 34.7 Å². The van der Waals surface area contributed by atoms with Gasteiger partial charge in [0.05, 0.1) is 17.6 Å². The summed E-state index contributed by atoms with van der Waals surface area (Å²) in [6.07, 6.45) is 2.64. The first-order valence-electron chi connectivity index (χ1n) is 5.61. The van der Waals surface area contributed by atoms with Crippen molar-refractivity contribution in [3.05, 3.63) is 44.9 Å².